The quantitative estimate of drug-likeness (QED) is 0.914. The maximum Gasteiger partial charge on any atom is 0.258 e. The topological polar surface area (TPSA) is 94.5 Å². The van der Waals surface area contributed by atoms with E-state index in [0.29, 0.717) is 31.4 Å². The van der Waals surface area contributed by atoms with Crippen molar-refractivity contribution in [2.75, 3.05) is 19.7 Å². The molecule has 2 fully saturated rings. The van der Waals surface area contributed by atoms with Gasteiger partial charge < -0.3 is 19.9 Å². The molecule has 1 unspecified atom stereocenters. The van der Waals surface area contributed by atoms with E-state index in [-0.39, 0.29) is 24.0 Å². The van der Waals surface area contributed by atoms with Gasteiger partial charge in [-0.15, -0.1) is 0 Å². The van der Waals surface area contributed by atoms with Crippen molar-refractivity contribution in [1.29, 1.82) is 0 Å². The van der Waals surface area contributed by atoms with Crippen LogP contribution in [0.1, 0.15) is 24.8 Å². The van der Waals surface area contributed by atoms with Crippen molar-refractivity contribution in [3.05, 3.63) is 36.2 Å². The number of hydrogen-bond donors (Lipinski definition) is 1. The molecule has 24 heavy (non-hydrogen) atoms. The molecule has 2 N–H and O–H groups in total. The highest BCUT2D eigenvalue weighted by Gasteiger charge is 2.37. The highest BCUT2D eigenvalue weighted by atomic mass is 16.5. The summed E-state index contributed by atoms with van der Waals surface area (Å²) in [4.78, 5) is 18.7. The van der Waals surface area contributed by atoms with Crippen molar-refractivity contribution in [3.8, 4) is 11.5 Å². The Hall–Kier alpha value is -2.25. The van der Waals surface area contributed by atoms with E-state index in [4.69, 9.17) is 15.0 Å². The monoisotopic (exact) mass is 328 g/mol. The van der Waals surface area contributed by atoms with Crippen LogP contribution >= 0.6 is 0 Å². The van der Waals surface area contributed by atoms with Crippen molar-refractivity contribution in [1.82, 2.24) is 15.0 Å². The first-order chi connectivity index (χ1) is 11.7. The molecule has 1 aromatic carbocycles. The molecule has 1 aliphatic heterocycles. The molecule has 0 radical (unpaired) electrons. The van der Waals surface area contributed by atoms with Gasteiger partial charge >= 0.3 is 0 Å². The lowest BCUT2D eigenvalue weighted by Gasteiger charge is -2.38. The lowest BCUT2D eigenvalue weighted by atomic mass is 9.80. The minimum Gasteiger partial charge on any atom is -0.366 e. The number of carbonyl (C=O) groups is 1. The van der Waals surface area contributed by atoms with E-state index < -0.39 is 0 Å². The molecule has 2 aliphatic rings. The highest BCUT2D eigenvalue weighted by Crippen LogP contribution is 2.30. The molecule has 0 spiro atoms. The Balaban J connectivity index is 1.45. The van der Waals surface area contributed by atoms with Crippen LogP contribution in [0.25, 0.3) is 11.5 Å². The van der Waals surface area contributed by atoms with E-state index in [1.165, 1.54) is 0 Å². The Bertz CT molecular complexity index is 712. The lowest BCUT2D eigenvalue weighted by Crippen LogP contribution is -2.50. The molecule has 1 atom stereocenters. The standard InChI is InChI=1S/C17H20N4O3/c18-13-8-12(9-13)17(22)21-6-7-23-14(10-21)15-19-16(24-20-15)11-4-2-1-3-5-11/h1-5,12-14H,6-10,18H2. The van der Waals surface area contributed by atoms with E-state index in [0.717, 1.165) is 18.4 Å². The summed E-state index contributed by atoms with van der Waals surface area (Å²) < 4.78 is 11.1. The van der Waals surface area contributed by atoms with Crippen LogP contribution in [-0.2, 0) is 9.53 Å². The number of morpholine rings is 1. The fraction of sp³-hybridized carbons (Fsp3) is 0.471. The van der Waals surface area contributed by atoms with Crippen LogP contribution in [0.15, 0.2) is 34.9 Å². The van der Waals surface area contributed by atoms with Gasteiger partial charge in [-0.3, -0.25) is 4.79 Å². The van der Waals surface area contributed by atoms with E-state index in [9.17, 15) is 4.79 Å². The van der Waals surface area contributed by atoms with E-state index in [1.807, 2.05) is 35.2 Å². The second-order valence-corrected chi connectivity index (χ2v) is 6.40. The van der Waals surface area contributed by atoms with Crippen LogP contribution in [0.4, 0.5) is 0 Å². The average Bonchev–Trinajstić information content (AvgIpc) is 3.09. The van der Waals surface area contributed by atoms with Crippen molar-refractivity contribution in [2.24, 2.45) is 11.7 Å². The molecule has 4 rings (SSSR count). The normalized spacial score (nSPS) is 26.9. The number of benzene rings is 1. The van der Waals surface area contributed by atoms with E-state index >= 15 is 0 Å². The van der Waals surface area contributed by atoms with Crippen molar-refractivity contribution < 1.29 is 14.1 Å². The second kappa shape index (κ2) is 6.33. The second-order valence-electron chi connectivity index (χ2n) is 6.40. The fourth-order valence-electron chi connectivity index (χ4n) is 3.19. The molecule has 1 saturated carbocycles. The van der Waals surface area contributed by atoms with Crippen LogP contribution in [0.5, 0.6) is 0 Å². The van der Waals surface area contributed by atoms with Crippen LogP contribution in [0.3, 0.4) is 0 Å². The van der Waals surface area contributed by atoms with Gasteiger partial charge in [0.25, 0.3) is 5.89 Å². The zero-order valence-electron chi connectivity index (χ0n) is 13.3. The maximum atomic E-state index is 12.5. The summed E-state index contributed by atoms with van der Waals surface area (Å²) in [6, 6.07) is 9.76. The number of aromatic nitrogens is 2. The van der Waals surface area contributed by atoms with Crippen molar-refractivity contribution >= 4 is 5.91 Å². The third kappa shape index (κ3) is 2.92. The molecule has 126 valence electrons. The molecule has 0 bridgehead atoms. The smallest absolute Gasteiger partial charge is 0.258 e. The third-order valence-corrected chi connectivity index (χ3v) is 4.65. The van der Waals surface area contributed by atoms with Crippen LogP contribution in [0, 0.1) is 5.92 Å². The Morgan fingerprint density at radius 3 is 2.79 bits per heavy atom. The number of hydrogen-bond acceptors (Lipinski definition) is 6. The van der Waals surface area contributed by atoms with Gasteiger partial charge in [-0.05, 0) is 25.0 Å². The van der Waals surface area contributed by atoms with Crippen LogP contribution < -0.4 is 5.73 Å². The summed E-state index contributed by atoms with van der Waals surface area (Å²) >= 11 is 0. The predicted molar refractivity (Wildman–Crippen MR) is 85.7 cm³/mol. The molecule has 1 saturated heterocycles. The number of nitrogens with two attached hydrogens (primary N) is 1. The first-order valence-electron chi connectivity index (χ1n) is 8.25. The van der Waals surface area contributed by atoms with E-state index in [2.05, 4.69) is 10.1 Å². The number of nitrogens with zero attached hydrogens (tertiary/aromatic N) is 3. The molecular formula is C17H20N4O3. The summed E-state index contributed by atoms with van der Waals surface area (Å²) in [6.07, 6.45) is 1.21. The molecular weight excluding hydrogens is 308 g/mol. The summed E-state index contributed by atoms with van der Waals surface area (Å²) in [7, 11) is 0. The molecule has 7 nitrogen and oxygen atoms in total. The maximum absolute atomic E-state index is 12.5. The largest absolute Gasteiger partial charge is 0.366 e. The minimum atomic E-state index is -0.349. The van der Waals surface area contributed by atoms with Gasteiger partial charge in [0.15, 0.2) is 0 Å². The molecule has 1 aliphatic carbocycles. The number of carbonyl (C=O) groups excluding carboxylic acids is 1. The van der Waals surface area contributed by atoms with Crippen molar-refractivity contribution in [3.63, 3.8) is 0 Å². The van der Waals surface area contributed by atoms with Crippen LogP contribution in [0.2, 0.25) is 0 Å². The molecule has 7 heteroatoms. The van der Waals surface area contributed by atoms with E-state index in [1.54, 1.807) is 0 Å². The first kappa shape index (κ1) is 15.3. The minimum absolute atomic E-state index is 0.0592. The van der Waals surface area contributed by atoms with Gasteiger partial charge in [-0.25, -0.2) is 0 Å². The fourth-order valence-corrected chi connectivity index (χ4v) is 3.19. The first-order valence-corrected chi connectivity index (χ1v) is 8.25. The summed E-state index contributed by atoms with van der Waals surface area (Å²) in [6.45, 7) is 1.53. The summed E-state index contributed by atoms with van der Waals surface area (Å²) in [5.74, 6) is 1.17. The zero-order valence-corrected chi connectivity index (χ0v) is 13.3. The van der Waals surface area contributed by atoms with Gasteiger partial charge in [0.2, 0.25) is 11.7 Å². The van der Waals surface area contributed by atoms with Gasteiger partial charge in [0.05, 0.1) is 13.2 Å². The number of amides is 1. The Kier molecular flexibility index (Phi) is 4.03. The molecule has 2 aromatic rings. The lowest BCUT2D eigenvalue weighted by molar-refractivity contribution is -0.146. The molecule has 2 heterocycles. The molecule has 1 aromatic heterocycles. The zero-order chi connectivity index (χ0) is 16.5. The Morgan fingerprint density at radius 1 is 1.25 bits per heavy atom. The molecule has 1 amide bonds. The van der Waals surface area contributed by atoms with Crippen molar-refractivity contribution in [2.45, 2.75) is 25.0 Å². The Labute approximate surface area is 139 Å². The average molecular weight is 328 g/mol. The SMILES string of the molecule is NC1CC(C(=O)N2CCOC(c3noc(-c4ccccc4)n3)C2)C1. The van der Waals surface area contributed by atoms with Gasteiger partial charge in [-0.1, -0.05) is 23.4 Å². The number of rotatable bonds is 3. The highest BCUT2D eigenvalue weighted by molar-refractivity contribution is 5.80. The summed E-state index contributed by atoms with van der Waals surface area (Å²) in [5, 5.41) is 4.03. The van der Waals surface area contributed by atoms with Crippen LogP contribution in [-0.4, -0.2) is 46.7 Å². The summed E-state index contributed by atoms with van der Waals surface area (Å²) in [5.41, 5.74) is 6.65. The number of ether oxygens (including phenoxy) is 1. The third-order valence-electron chi connectivity index (χ3n) is 4.65. The Morgan fingerprint density at radius 2 is 2.04 bits per heavy atom. The van der Waals surface area contributed by atoms with Gasteiger partial charge in [0.1, 0.15) is 6.10 Å². The predicted octanol–water partition coefficient (Wildman–Crippen LogP) is 1.37. The van der Waals surface area contributed by atoms with Gasteiger partial charge in [0, 0.05) is 24.1 Å². The van der Waals surface area contributed by atoms with Gasteiger partial charge in [-0.2, -0.15) is 4.98 Å².